The van der Waals surface area contributed by atoms with Crippen LogP contribution in [0.25, 0.3) is 0 Å². The normalized spacial score (nSPS) is 26.8. The van der Waals surface area contributed by atoms with E-state index in [-0.39, 0.29) is 11.5 Å². The summed E-state index contributed by atoms with van der Waals surface area (Å²) in [6, 6.07) is 0. The first kappa shape index (κ1) is 12.9. The van der Waals surface area contributed by atoms with Crippen LogP contribution in [0.4, 0.5) is 0 Å². The van der Waals surface area contributed by atoms with Gasteiger partial charge in [-0.25, -0.2) is 0 Å². The Labute approximate surface area is 93.6 Å². The molecule has 1 aliphatic rings. The Bertz CT molecular complexity index is 188. The SMILES string of the molecule is CN(CCC(C)(C)CN)CC1CC(O)C1. The fourth-order valence-corrected chi connectivity index (χ4v) is 1.98. The van der Waals surface area contributed by atoms with Crippen molar-refractivity contribution in [2.24, 2.45) is 17.1 Å². The van der Waals surface area contributed by atoms with Crippen LogP contribution in [0.3, 0.4) is 0 Å². The molecular weight excluding hydrogens is 188 g/mol. The van der Waals surface area contributed by atoms with Crippen molar-refractivity contribution in [3.05, 3.63) is 0 Å². The molecule has 3 N–H and O–H groups in total. The number of hydrogen-bond acceptors (Lipinski definition) is 3. The fourth-order valence-electron chi connectivity index (χ4n) is 1.98. The summed E-state index contributed by atoms with van der Waals surface area (Å²) in [4.78, 5) is 2.37. The zero-order chi connectivity index (χ0) is 11.5. The quantitative estimate of drug-likeness (QED) is 0.695. The second kappa shape index (κ2) is 5.28. The Kier molecular flexibility index (Phi) is 4.56. The smallest absolute Gasteiger partial charge is 0.0546 e. The van der Waals surface area contributed by atoms with Gasteiger partial charge in [0.15, 0.2) is 0 Å². The number of rotatable bonds is 6. The molecule has 0 aromatic heterocycles. The predicted molar refractivity (Wildman–Crippen MR) is 63.7 cm³/mol. The van der Waals surface area contributed by atoms with Gasteiger partial charge in [0.05, 0.1) is 6.10 Å². The van der Waals surface area contributed by atoms with E-state index in [1.54, 1.807) is 0 Å². The average molecular weight is 214 g/mol. The highest BCUT2D eigenvalue weighted by Crippen LogP contribution is 2.28. The van der Waals surface area contributed by atoms with E-state index in [0.29, 0.717) is 5.92 Å². The van der Waals surface area contributed by atoms with Gasteiger partial charge in [-0.1, -0.05) is 13.8 Å². The maximum absolute atomic E-state index is 9.19. The van der Waals surface area contributed by atoms with Gasteiger partial charge in [-0.3, -0.25) is 0 Å². The first-order valence-electron chi connectivity index (χ1n) is 5.99. The summed E-state index contributed by atoms with van der Waals surface area (Å²) >= 11 is 0. The summed E-state index contributed by atoms with van der Waals surface area (Å²) in [5, 5.41) is 9.19. The van der Waals surface area contributed by atoms with E-state index in [1.165, 1.54) is 0 Å². The molecule has 0 heterocycles. The molecule has 1 saturated carbocycles. The lowest BCUT2D eigenvalue weighted by Crippen LogP contribution is -2.38. The molecule has 0 aromatic rings. The Morgan fingerprint density at radius 2 is 2.00 bits per heavy atom. The maximum atomic E-state index is 9.19. The van der Waals surface area contributed by atoms with Gasteiger partial charge in [-0.2, -0.15) is 0 Å². The van der Waals surface area contributed by atoms with Crippen LogP contribution >= 0.6 is 0 Å². The number of aliphatic hydroxyl groups is 1. The van der Waals surface area contributed by atoms with E-state index in [0.717, 1.165) is 38.9 Å². The highest BCUT2D eigenvalue weighted by Gasteiger charge is 2.28. The standard InChI is InChI=1S/C12H26N2O/c1-12(2,9-13)4-5-14(3)8-10-6-11(15)7-10/h10-11,15H,4-9,13H2,1-3H3. The van der Waals surface area contributed by atoms with E-state index in [1.807, 2.05) is 0 Å². The summed E-state index contributed by atoms with van der Waals surface area (Å²) < 4.78 is 0. The van der Waals surface area contributed by atoms with Crippen LogP contribution in [0.5, 0.6) is 0 Å². The predicted octanol–water partition coefficient (Wildman–Crippen LogP) is 1.06. The first-order valence-corrected chi connectivity index (χ1v) is 5.99. The second-order valence-electron chi connectivity index (χ2n) is 5.87. The minimum atomic E-state index is -0.0242. The number of nitrogens with two attached hydrogens (primary N) is 1. The van der Waals surface area contributed by atoms with Crippen LogP contribution in [0.1, 0.15) is 33.1 Å². The summed E-state index contributed by atoms with van der Waals surface area (Å²) in [5.74, 6) is 0.714. The molecule has 15 heavy (non-hydrogen) atoms. The van der Waals surface area contributed by atoms with Crippen molar-refractivity contribution in [3.63, 3.8) is 0 Å². The zero-order valence-electron chi connectivity index (χ0n) is 10.4. The Morgan fingerprint density at radius 3 is 2.47 bits per heavy atom. The molecule has 3 nitrogen and oxygen atoms in total. The van der Waals surface area contributed by atoms with Gasteiger partial charge in [-0.05, 0) is 50.7 Å². The Morgan fingerprint density at radius 1 is 1.40 bits per heavy atom. The largest absolute Gasteiger partial charge is 0.393 e. The lowest BCUT2D eigenvalue weighted by molar-refractivity contribution is 0.0270. The molecule has 0 saturated heterocycles. The van der Waals surface area contributed by atoms with Crippen molar-refractivity contribution in [2.75, 3.05) is 26.7 Å². The summed E-state index contributed by atoms with van der Waals surface area (Å²) in [6.45, 7) is 7.42. The Hall–Kier alpha value is -0.120. The second-order valence-corrected chi connectivity index (χ2v) is 5.87. The summed E-state index contributed by atoms with van der Waals surface area (Å²) in [7, 11) is 2.16. The van der Waals surface area contributed by atoms with Crippen LogP contribution in [-0.4, -0.2) is 42.8 Å². The monoisotopic (exact) mass is 214 g/mol. The topological polar surface area (TPSA) is 49.5 Å². The summed E-state index contributed by atoms with van der Waals surface area (Å²) in [5.41, 5.74) is 5.96. The average Bonchev–Trinajstić information content (AvgIpc) is 2.13. The van der Waals surface area contributed by atoms with Crippen molar-refractivity contribution >= 4 is 0 Å². The van der Waals surface area contributed by atoms with Gasteiger partial charge in [0.1, 0.15) is 0 Å². The third-order valence-electron chi connectivity index (χ3n) is 3.50. The number of nitrogens with zero attached hydrogens (tertiary/aromatic N) is 1. The Balaban J connectivity index is 2.11. The van der Waals surface area contributed by atoms with Gasteiger partial charge in [-0.15, -0.1) is 0 Å². The maximum Gasteiger partial charge on any atom is 0.0546 e. The van der Waals surface area contributed by atoms with Crippen LogP contribution in [0.2, 0.25) is 0 Å². The van der Waals surface area contributed by atoms with E-state index >= 15 is 0 Å². The molecule has 0 aromatic carbocycles. The number of hydrogen-bond donors (Lipinski definition) is 2. The van der Waals surface area contributed by atoms with Gasteiger partial charge in [0.25, 0.3) is 0 Å². The summed E-state index contributed by atoms with van der Waals surface area (Å²) in [6.07, 6.45) is 3.11. The fraction of sp³-hybridized carbons (Fsp3) is 1.00. The van der Waals surface area contributed by atoms with Crippen LogP contribution in [0, 0.1) is 11.3 Å². The van der Waals surface area contributed by atoms with Crippen LogP contribution in [0.15, 0.2) is 0 Å². The van der Waals surface area contributed by atoms with Crippen molar-refractivity contribution < 1.29 is 5.11 Å². The molecule has 1 aliphatic carbocycles. The molecule has 1 fully saturated rings. The third-order valence-corrected chi connectivity index (χ3v) is 3.50. The van der Waals surface area contributed by atoms with Crippen molar-refractivity contribution in [1.29, 1.82) is 0 Å². The van der Waals surface area contributed by atoms with Gasteiger partial charge in [0.2, 0.25) is 0 Å². The van der Waals surface area contributed by atoms with Crippen LogP contribution < -0.4 is 5.73 Å². The zero-order valence-corrected chi connectivity index (χ0v) is 10.4. The lowest BCUT2D eigenvalue weighted by atomic mass is 9.82. The molecule has 0 bridgehead atoms. The van der Waals surface area contributed by atoms with Crippen molar-refractivity contribution in [1.82, 2.24) is 4.90 Å². The van der Waals surface area contributed by atoms with E-state index in [4.69, 9.17) is 5.73 Å². The molecule has 0 spiro atoms. The van der Waals surface area contributed by atoms with E-state index in [2.05, 4.69) is 25.8 Å². The van der Waals surface area contributed by atoms with Crippen LogP contribution in [-0.2, 0) is 0 Å². The molecule has 0 aliphatic heterocycles. The molecular formula is C12H26N2O. The van der Waals surface area contributed by atoms with Gasteiger partial charge < -0.3 is 15.7 Å². The minimum Gasteiger partial charge on any atom is -0.393 e. The molecule has 0 unspecified atom stereocenters. The first-order chi connectivity index (χ1) is 6.93. The van der Waals surface area contributed by atoms with Gasteiger partial charge >= 0.3 is 0 Å². The molecule has 0 amide bonds. The van der Waals surface area contributed by atoms with Crippen molar-refractivity contribution in [2.45, 2.75) is 39.2 Å². The minimum absolute atomic E-state index is 0.0242. The molecule has 0 radical (unpaired) electrons. The van der Waals surface area contributed by atoms with E-state index in [9.17, 15) is 5.11 Å². The van der Waals surface area contributed by atoms with Crippen molar-refractivity contribution in [3.8, 4) is 0 Å². The molecule has 0 atom stereocenters. The molecule has 3 heteroatoms. The third kappa shape index (κ3) is 4.49. The van der Waals surface area contributed by atoms with Gasteiger partial charge in [0, 0.05) is 6.54 Å². The molecule has 1 rings (SSSR count). The van der Waals surface area contributed by atoms with E-state index < -0.39 is 0 Å². The number of aliphatic hydroxyl groups excluding tert-OH is 1. The highest BCUT2D eigenvalue weighted by molar-refractivity contribution is 4.81. The highest BCUT2D eigenvalue weighted by atomic mass is 16.3. The molecule has 90 valence electrons. The lowest BCUT2D eigenvalue weighted by Gasteiger charge is -2.35.